The molecule has 6 heteroatoms. The summed E-state index contributed by atoms with van der Waals surface area (Å²) in [7, 11) is 1.44. The summed E-state index contributed by atoms with van der Waals surface area (Å²) in [5.74, 6) is -0.233. The average molecular weight is 294 g/mol. The van der Waals surface area contributed by atoms with Crippen molar-refractivity contribution in [1.29, 1.82) is 0 Å². The zero-order chi connectivity index (χ0) is 14.8. The van der Waals surface area contributed by atoms with Crippen LogP contribution in [-0.4, -0.2) is 35.2 Å². The van der Waals surface area contributed by atoms with Crippen molar-refractivity contribution in [2.24, 2.45) is 0 Å². The number of rotatable bonds is 4. The van der Waals surface area contributed by atoms with Crippen LogP contribution in [0.5, 0.6) is 5.75 Å². The zero-order valence-electron chi connectivity index (χ0n) is 12.0. The van der Waals surface area contributed by atoms with E-state index in [4.69, 9.17) is 9.47 Å². The molecular weight excluding hydrogens is 275 g/mol. The summed E-state index contributed by atoms with van der Waals surface area (Å²) in [6.07, 6.45) is 3.23. The van der Waals surface area contributed by atoms with Crippen molar-refractivity contribution >= 4 is 10.9 Å². The van der Waals surface area contributed by atoms with E-state index in [1.54, 1.807) is 10.7 Å². The van der Waals surface area contributed by atoms with Crippen molar-refractivity contribution < 1.29 is 19.0 Å². The maximum Gasteiger partial charge on any atom is 0.167 e. The Morgan fingerprint density at radius 1 is 1.48 bits per heavy atom. The number of hydrogen-bond acceptors (Lipinski definition) is 4. The lowest BCUT2D eigenvalue weighted by atomic mass is 10.1. The normalized spacial score (nSPS) is 19.1. The Hall–Kier alpha value is -1.66. The summed E-state index contributed by atoms with van der Waals surface area (Å²) in [5.41, 5.74) is 1.42. The van der Waals surface area contributed by atoms with Gasteiger partial charge in [0.05, 0.1) is 18.3 Å². The molecule has 1 aromatic carbocycles. The third-order valence-corrected chi connectivity index (χ3v) is 3.83. The Morgan fingerprint density at radius 3 is 3.00 bits per heavy atom. The summed E-state index contributed by atoms with van der Waals surface area (Å²) in [5, 5.41) is 14.5. The molecule has 0 amide bonds. The Labute approximate surface area is 122 Å². The van der Waals surface area contributed by atoms with Gasteiger partial charge in [0.1, 0.15) is 0 Å². The van der Waals surface area contributed by atoms with Gasteiger partial charge in [0.2, 0.25) is 0 Å². The third-order valence-electron chi connectivity index (χ3n) is 3.83. The number of halogens is 1. The maximum atomic E-state index is 14.0. The van der Waals surface area contributed by atoms with Crippen LogP contribution in [0.4, 0.5) is 4.39 Å². The summed E-state index contributed by atoms with van der Waals surface area (Å²) < 4.78 is 26.5. The van der Waals surface area contributed by atoms with Crippen LogP contribution in [0.15, 0.2) is 12.1 Å². The van der Waals surface area contributed by atoms with Gasteiger partial charge in [-0.2, -0.15) is 5.10 Å². The summed E-state index contributed by atoms with van der Waals surface area (Å²) in [4.78, 5) is 0. The van der Waals surface area contributed by atoms with Crippen LogP contribution in [0, 0.1) is 5.82 Å². The van der Waals surface area contributed by atoms with Gasteiger partial charge < -0.3 is 14.6 Å². The van der Waals surface area contributed by atoms with Crippen LogP contribution in [0.2, 0.25) is 0 Å². The first kappa shape index (κ1) is 14.3. The van der Waals surface area contributed by atoms with Crippen LogP contribution >= 0.6 is 0 Å². The molecule has 1 saturated heterocycles. The van der Waals surface area contributed by atoms with Gasteiger partial charge in [0.25, 0.3) is 0 Å². The first-order chi connectivity index (χ1) is 10.2. The van der Waals surface area contributed by atoms with Gasteiger partial charge in [-0.25, -0.2) is 9.07 Å². The standard InChI is InChI=1S/C15H19FN2O3/c1-20-14-8-10-12(5-6-19)17-18(13(10)9-11(14)16)15-4-2-3-7-21-15/h8-9,15,19H,2-7H2,1H3. The van der Waals surface area contributed by atoms with E-state index in [2.05, 4.69) is 5.10 Å². The monoisotopic (exact) mass is 294 g/mol. The van der Waals surface area contributed by atoms with E-state index in [1.165, 1.54) is 13.2 Å². The summed E-state index contributed by atoms with van der Waals surface area (Å²) >= 11 is 0. The fourth-order valence-electron chi connectivity index (χ4n) is 2.78. The van der Waals surface area contributed by atoms with Gasteiger partial charge in [-0.3, -0.25) is 0 Å². The highest BCUT2D eigenvalue weighted by molar-refractivity contribution is 5.84. The Kier molecular flexibility index (Phi) is 4.07. The fraction of sp³-hybridized carbons (Fsp3) is 0.533. The molecule has 2 heterocycles. The van der Waals surface area contributed by atoms with Crippen molar-refractivity contribution in [3.8, 4) is 5.75 Å². The van der Waals surface area contributed by atoms with Crippen LogP contribution in [0.3, 0.4) is 0 Å². The average Bonchev–Trinajstić information content (AvgIpc) is 2.85. The SMILES string of the molecule is COc1cc2c(CCO)nn(C3CCCCO3)c2cc1F. The number of fused-ring (bicyclic) bond motifs is 1. The molecule has 1 N–H and O–H groups in total. The predicted molar refractivity (Wildman–Crippen MR) is 75.9 cm³/mol. The number of benzene rings is 1. The molecule has 2 aromatic rings. The molecule has 114 valence electrons. The number of methoxy groups -OCH3 is 1. The van der Waals surface area contributed by atoms with Gasteiger partial charge >= 0.3 is 0 Å². The molecule has 0 spiro atoms. The summed E-state index contributed by atoms with van der Waals surface area (Å²) in [6.45, 7) is 0.692. The van der Waals surface area contributed by atoms with Gasteiger partial charge in [0, 0.05) is 31.1 Å². The molecule has 5 nitrogen and oxygen atoms in total. The molecular formula is C15H19FN2O3. The first-order valence-corrected chi connectivity index (χ1v) is 7.21. The molecule has 0 saturated carbocycles. The minimum Gasteiger partial charge on any atom is -0.494 e. The maximum absolute atomic E-state index is 14.0. The van der Waals surface area contributed by atoms with E-state index >= 15 is 0 Å². The van der Waals surface area contributed by atoms with Crippen molar-refractivity contribution in [2.45, 2.75) is 31.9 Å². The highest BCUT2D eigenvalue weighted by atomic mass is 19.1. The number of aliphatic hydroxyl groups excluding tert-OH is 1. The van der Waals surface area contributed by atoms with Crippen LogP contribution in [0.25, 0.3) is 10.9 Å². The quantitative estimate of drug-likeness (QED) is 0.941. The Balaban J connectivity index is 2.12. The lowest BCUT2D eigenvalue weighted by molar-refractivity contribution is -0.0369. The van der Waals surface area contributed by atoms with E-state index in [1.807, 2.05) is 0 Å². The molecule has 1 aliphatic heterocycles. The second-order valence-corrected chi connectivity index (χ2v) is 5.19. The second-order valence-electron chi connectivity index (χ2n) is 5.19. The van der Waals surface area contributed by atoms with Crippen LogP contribution in [-0.2, 0) is 11.2 Å². The molecule has 3 rings (SSSR count). The van der Waals surface area contributed by atoms with Crippen LogP contribution < -0.4 is 4.74 Å². The topological polar surface area (TPSA) is 56.5 Å². The highest BCUT2D eigenvalue weighted by Gasteiger charge is 2.22. The van der Waals surface area contributed by atoms with Gasteiger partial charge in [-0.15, -0.1) is 0 Å². The second kappa shape index (κ2) is 5.99. The number of hydrogen-bond donors (Lipinski definition) is 1. The van der Waals surface area contributed by atoms with Crippen LogP contribution in [0.1, 0.15) is 31.2 Å². The van der Waals surface area contributed by atoms with E-state index < -0.39 is 5.82 Å². The molecule has 0 radical (unpaired) electrons. The summed E-state index contributed by atoms with van der Waals surface area (Å²) in [6, 6.07) is 3.07. The minimum atomic E-state index is -0.419. The lowest BCUT2D eigenvalue weighted by Gasteiger charge is -2.23. The zero-order valence-corrected chi connectivity index (χ0v) is 12.0. The molecule has 21 heavy (non-hydrogen) atoms. The number of nitrogens with zero attached hydrogens (tertiary/aromatic N) is 2. The van der Waals surface area contributed by atoms with Crippen molar-refractivity contribution in [2.75, 3.05) is 20.3 Å². The molecule has 0 bridgehead atoms. The van der Waals surface area contributed by atoms with E-state index in [9.17, 15) is 9.50 Å². The highest BCUT2D eigenvalue weighted by Crippen LogP contribution is 2.32. The van der Waals surface area contributed by atoms with E-state index in [0.29, 0.717) is 18.5 Å². The molecule has 1 fully saturated rings. The molecule has 1 atom stereocenters. The van der Waals surface area contributed by atoms with Crippen molar-refractivity contribution in [1.82, 2.24) is 9.78 Å². The number of ether oxygens (including phenoxy) is 2. The molecule has 1 unspecified atom stereocenters. The van der Waals surface area contributed by atoms with Crippen molar-refractivity contribution in [3.05, 3.63) is 23.6 Å². The Morgan fingerprint density at radius 2 is 2.33 bits per heavy atom. The number of aliphatic hydroxyl groups is 1. The molecule has 1 aliphatic rings. The number of aromatic nitrogens is 2. The molecule has 0 aliphatic carbocycles. The minimum absolute atomic E-state index is 0.00265. The smallest absolute Gasteiger partial charge is 0.167 e. The predicted octanol–water partition coefficient (Wildman–Crippen LogP) is 2.42. The lowest BCUT2D eigenvalue weighted by Crippen LogP contribution is -2.19. The third kappa shape index (κ3) is 2.61. The van der Waals surface area contributed by atoms with E-state index in [-0.39, 0.29) is 18.6 Å². The van der Waals surface area contributed by atoms with Gasteiger partial charge in [0.15, 0.2) is 17.8 Å². The largest absolute Gasteiger partial charge is 0.494 e. The molecule has 1 aromatic heterocycles. The van der Waals surface area contributed by atoms with Crippen molar-refractivity contribution in [3.63, 3.8) is 0 Å². The van der Waals surface area contributed by atoms with Gasteiger partial charge in [-0.05, 0) is 25.3 Å². The van der Waals surface area contributed by atoms with Gasteiger partial charge in [-0.1, -0.05) is 0 Å². The Bertz CT molecular complexity index is 635. The fourth-order valence-corrected chi connectivity index (χ4v) is 2.78. The van der Waals surface area contributed by atoms with E-state index in [0.717, 1.165) is 30.3 Å². The first-order valence-electron chi connectivity index (χ1n) is 7.21.